The van der Waals surface area contributed by atoms with Crippen molar-refractivity contribution in [2.24, 2.45) is 0 Å². The van der Waals surface area contributed by atoms with Crippen molar-refractivity contribution in [3.63, 3.8) is 0 Å². The summed E-state index contributed by atoms with van der Waals surface area (Å²) in [5.74, 6) is 0. The summed E-state index contributed by atoms with van der Waals surface area (Å²) in [6.07, 6.45) is 7.14. The van der Waals surface area contributed by atoms with Crippen LogP contribution in [0.25, 0.3) is 0 Å². The van der Waals surface area contributed by atoms with Gasteiger partial charge in [0.05, 0.1) is 0 Å². The van der Waals surface area contributed by atoms with Crippen molar-refractivity contribution in [3.8, 4) is 0 Å². The molecule has 0 amide bonds. The Labute approximate surface area is 101 Å². The normalized spacial score (nSPS) is 18.6. The largest absolute Gasteiger partial charge is 0.314 e. The second-order valence-electron chi connectivity index (χ2n) is 5.33. The van der Waals surface area contributed by atoms with E-state index < -0.39 is 0 Å². The van der Waals surface area contributed by atoms with E-state index in [0.29, 0.717) is 0 Å². The summed E-state index contributed by atoms with van der Waals surface area (Å²) in [7, 11) is 6.52. The molecule has 0 radical (unpaired) electrons. The maximum absolute atomic E-state index is 3.50. The standard InChI is InChI=1S/C13H29N3/c1-15(2)11-9-14-10-12-16(3)13-7-5-4-6-8-13/h13-14H,4-12H2,1-3H3. The second kappa shape index (κ2) is 8.04. The molecular formula is C13H29N3. The van der Waals surface area contributed by atoms with Crippen LogP contribution in [0.1, 0.15) is 32.1 Å². The molecule has 0 aromatic heterocycles. The number of rotatable bonds is 7. The predicted molar refractivity (Wildman–Crippen MR) is 70.9 cm³/mol. The van der Waals surface area contributed by atoms with Crippen LogP contribution in [-0.4, -0.2) is 63.2 Å². The van der Waals surface area contributed by atoms with Crippen LogP contribution in [0.4, 0.5) is 0 Å². The molecule has 3 nitrogen and oxygen atoms in total. The molecule has 0 spiro atoms. The number of hydrogen-bond donors (Lipinski definition) is 1. The Morgan fingerprint density at radius 3 is 2.19 bits per heavy atom. The van der Waals surface area contributed by atoms with Crippen molar-refractivity contribution >= 4 is 0 Å². The first-order valence-electron chi connectivity index (χ1n) is 6.76. The highest BCUT2D eigenvalue weighted by Gasteiger charge is 2.16. The van der Waals surface area contributed by atoms with E-state index >= 15 is 0 Å². The molecule has 0 aliphatic heterocycles. The van der Waals surface area contributed by atoms with Crippen LogP contribution in [0.3, 0.4) is 0 Å². The summed E-state index contributed by atoms with van der Waals surface area (Å²) in [4.78, 5) is 4.76. The van der Waals surface area contributed by atoms with Gasteiger partial charge in [-0.05, 0) is 34.0 Å². The van der Waals surface area contributed by atoms with Crippen LogP contribution in [0.15, 0.2) is 0 Å². The van der Waals surface area contributed by atoms with Crippen molar-refractivity contribution in [1.82, 2.24) is 15.1 Å². The second-order valence-corrected chi connectivity index (χ2v) is 5.33. The molecule has 1 N–H and O–H groups in total. The van der Waals surface area contributed by atoms with Crippen LogP contribution in [0.5, 0.6) is 0 Å². The van der Waals surface area contributed by atoms with E-state index in [1.165, 1.54) is 38.6 Å². The third-order valence-electron chi connectivity index (χ3n) is 3.58. The van der Waals surface area contributed by atoms with Gasteiger partial charge < -0.3 is 15.1 Å². The molecule has 16 heavy (non-hydrogen) atoms. The van der Waals surface area contributed by atoms with Crippen LogP contribution in [0, 0.1) is 0 Å². The minimum atomic E-state index is 0.851. The zero-order valence-corrected chi connectivity index (χ0v) is 11.3. The monoisotopic (exact) mass is 227 g/mol. The Balaban J connectivity index is 1.98. The minimum absolute atomic E-state index is 0.851. The highest BCUT2D eigenvalue weighted by Crippen LogP contribution is 2.20. The van der Waals surface area contributed by atoms with E-state index in [4.69, 9.17) is 0 Å². The van der Waals surface area contributed by atoms with E-state index in [9.17, 15) is 0 Å². The quantitative estimate of drug-likeness (QED) is 0.663. The SMILES string of the molecule is CN(C)CCNCCN(C)C1CCCCC1. The van der Waals surface area contributed by atoms with E-state index in [2.05, 4.69) is 36.3 Å². The smallest absolute Gasteiger partial charge is 0.0107 e. The van der Waals surface area contributed by atoms with Crippen molar-refractivity contribution in [2.75, 3.05) is 47.3 Å². The summed E-state index contributed by atoms with van der Waals surface area (Å²) >= 11 is 0. The van der Waals surface area contributed by atoms with Gasteiger partial charge in [-0.3, -0.25) is 0 Å². The summed E-state index contributed by atoms with van der Waals surface area (Å²) in [6.45, 7) is 4.55. The molecule has 1 fully saturated rings. The van der Waals surface area contributed by atoms with E-state index in [1.807, 2.05) is 0 Å². The lowest BCUT2D eigenvalue weighted by molar-refractivity contribution is 0.192. The minimum Gasteiger partial charge on any atom is -0.314 e. The van der Waals surface area contributed by atoms with E-state index in [-0.39, 0.29) is 0 Å². The number of nitrogens with one attached hydrogen (secondary N) is 1. The molecule has 1 aliphatic rings. The van der Waals surface area contributed by atoms with Gasteiger partial charge in [0.25, 0.3) is 0 Å². The first kappa shape index (κ1) is 13.9. The Morgan fingerprint density at radius 2 is 1.56 bits per heavy atom. The number of likely N-dealkylation sites (N-methyl/N-ethyl adjacent to an activating group) is 2. The molecular weight excluding hydrogens is 198 g/mol. The fraction of sp³-hybridized carbons (Fsp3) is 1.00. The van der Waals surface area contributed by atoms with Gasteiger partial charge in [-0.1, -0.05) is 19.3 Å². The predicted octanol–water partition coefficient (Wildman–Crippen LogP) is 1.40. The van der Waals surface area contributed by atoms with Gasteiger partial charge in [0, 0.05) is 32.2 Å². The molecule has 0 aromatic rings. The highest BCUT2D eigenvalue weighted by molar-refractivity contribution is 4.73. The Bertz CT molecular complexity index is 165. The van der Waals surface area contributed by atoms with Crippen LogP contribution in [-0.2, 0) is 0 Å². The lowest BCUT2D eigenvalue weighted by Gasteiger charge is -2.31. The number of hydrogen-bond acceptors (Lipinski definition) is 3. The van der Waals surface area contributed by atoms with Gasteiger partial charge in [-0.15, -0.1) is 0 Å². The zero-order chi connectivity index (χ0) is 11.8. The molecule has 0 atom stereocenters. The van der Waals surface area contributed by atoms with Crippen molar-refractivity contribution in [2.45, 2.75) is 38.1 Å². The van der Waals surface area contributed by atoms with Crippen LogP contribution in [0.2, 0.25) is 0 Å². The molecule has 0 heterocycles. The van der Waals surface area contributed by atoms with E-state index in [0.717, 1.165) is 25.7 Å². The molecule has 1 saturated carbocycles. The van der Waals surface area contributed by atoms with Gasteiger partial charge in [0.2, 0.25) is 0 Å². The van der Waals surface area contributed by atoms with Gasteiger partial charge in [0.15, 0.2) is 0 Å². The molecule has 0 saturated heterocycles. The summed E-state index contributed by atoms with van der Waals surface area (Å²) in [6, 6.07) is 0.851. The summed E-state index contributed by atoms with van der Waals surface area (Å²) in [5.41, 5.74) is 0. The molecule has 0 aromatic carbocycles. The lowest BCUT2D eigenvalue weighted by atomic mass is 9.94. The zero-order valence-electron chi connectivity index (χ0n) is 11.3. The topological polar surface area (TPSA) is 18.5 Å². The Kier molecular flexibility index (Phi) is 7.01. The molecule has 1 aliphatic carbocycles. The van der Waals surface area contributed by atoms with Gasteiger partial charge in [-0.25, -0.2) is 0 Å². The maximum Gasteiger partial charge on any atom is 0.0107 e. The van der Waals surface area contributed by atoms with Crippen molar-refractivity contribution in [3.05, 3.63) is 0 Å². The lowest BCUT2D eigenvalue weighted by Crippen LogP contribution is -2.39. The molecule has 0 unspecified atom stereocenters. The fourth-order valence-corrected chi connectivity index (χ4v) is 2.39. The Hall–Kier alpha value is -0.120. The fourth-order valence-electron chi connectivity index (χ4n) is 2.39. The average Bonchev–Trinajstić information content (AvgIpc) is 2.29. The molecule has 1 rings (SSSR count). The van der Waals surface area contributed by atoms with Gasteiger partial charge in [-0.2, -0.15) is 0 Å². The van der Waals surface area contributed by atoms with Crippen LogP contribution < -0.4 is 5.32 Å². The molecule has 0 bridgehead atoms. The van der Waals surface area contributed by atoms with Gasteiger partial charge in [0.1, 0.15) is 0 Å². The maximum atomic E-state index is 3.50. The summed E-state index contributed by atoms with van der Waals surface area (Å²) < 4.78 is 0. The van der Waals surface area contributed by atoms with E-state index in [1.54, 1.807) is 0 Å². The van der Waals surface area contributed by atoms with Crippen molar-refractivity contribution in [1.29, 1.82) is 0 Å². The third kappa shape index (κ3) is 5.83. The average molecular weight is 227 g/mol. The van der Waals surface area contributed by atoms with Crippen molar-refractivity contribution < 1.29 is 0 Å². The summed E-state index contributed by atoms with van der Waals surface area (Å²) in [5, 5.41) is 3.50. The van der Waals surface area contributed by atoms with Crippen LogP contribution >= 0.6 is 0 Å². The molecule has 3 heteroatoms. The first-order chi connectivity index (χ1) is 7.70. The first-order valence-corrected chi connectivity index (χ1v) is 6.76. The Morgan fingerprint density at radius 1 is 0.938 bits per heavy atom. The van der Waals surface area contributed by atoms with Gasteiger partial charge >= 0.3 is 0 Å². The number of nitrogens with zero attached hydrogens (tertiary/aromatic N) is 2. The molecule has 96 valence electrons. The highest BCUT2D eigenvalue weighted by atomic mass is 15.1. The third-order valence-corrected chi connectivity index (χ3v) is 3.58.